The molecule has 0 bridgehead atoms. The van der Waals surface area contributed by atoms with Crippen molar-refractivity contribution < 1.29 is 14.6 Å². The topological polar surface area (TPSA) is 61.8 Å². The molecule has 0 atom stereocenters. The molecule has 33 heavy (non-hydrogen) atoms. The number of aromatic hydroxyl groups is 1. The molecule has 3 rings (SSSR count). The number of carbonyl (C=O) groups excluding carboxylic acids is 1. The third-order valence-electron chi connectivity index (χ3n) is 5.32. The zero-order valence-corrected chi connectivity index (χ0v) is 19.8. The summed E-state index contributed by atoms with van der Waals surface area (Å²) in [5, 5.41) is 12.8. The van der Waals surface area contributed by atoms with E-state index >= 15 is 0 Å². The standard InChI is InChI=1S/C28H32N2O3/c1-5-26(22-8-6-7-20(2)19-22)27(21-9-13-24(31)14-10-21)28(32)29-23-11-15-25(16-12-23)33-18-17-30(3)4/h6-16,19,31H,5,17-18H2,1-4H3,(H,29,32)/b27-26+. The highest BCUT2D eigenvalue weighted by Crippen LogP contribution is 2.31. The van der Waals surface area contributed by atoms with Gasteiger partial charge < -0.3 is 20.1 Å². The van der Waals surface area contributed by atoms with Gasteiger partial charge in [0.2, 0.25) is 0 Å². The van der Waals surface area contributed by atoms with E-state index in [0.717, 1.165) is 34.6 Å². The van der Waals surface area contributed by atoms with Crippen LogP contribution in [-0.2, 0) is 4.79 Å². The number of carbonyl (C=O) groups is 1. The number of hydrogen-bond acceptors (Lipinski definition) is 4. The predicted octanol–water partition coefficient (Wildman–Crippen LogP) is 5.60. The molecule has 1 amide bonds. The number of benzene rings is 3. The Hall–Kier alpha value is -3.57. The van der Waals surface area contributed by atoms with Crippen LogP contribution in [0.3, 0.4) is 0 Å². The Morgan fingerprint density at radius 1 is 0.970 bits per heavy atom. The largest absolute Gasteiger partial charge is 0.508 e. The molecule has 0 aliphatic rings. The number of ether oxygens (including phenoxy) is 1. The number of hydrogen-bond donors (Lipinski definition) is 2. The fraction of sp³-hybridized carbons (Fsp3) is 0.250. The third-order valence-corrected chi connectivity index (χ3v) is 5.32. The highest BCUT2D eigenvalue weighted by molar-refractivity contribution is 6.31. The smallest absolute Gasteiger partial charge is 0.256 e. The molecule has 3 aromatic carbocycles. The minimum absolute atomic E-state index is 0.164. The van der Waals surface area contributed by atoms with Crippen molar-refractivity contribution in [3.05, 3.63) is 89.5 Å². The maximum atomic E-state index is 13.5. The number of likely N-dealkylation sites (N-methyl/N-ethyl adjacent to an activating group) is 1. The van der Waals surface area contributed by atoms with Gasteiger partial charge in [0.15, 0.2) is 0 Å². The number of rotatable bonds is 9. The van der Waals surface area contributed by atoms with Gasteiger partial charge in [-0.2, -0.15) is 0 Å². The molecule has 0 saturated carbocycles. The van der Waals surface area contributed by atoms with E-state index in [2.05, 4.69) is 16.3 Å². The van der Waals surface area contributed by atoms with Crippen molar-refractivity contribution in [1.29, 1.82) is 0 Å². The number of nitrogens with one attached hydrogen (secondary N) is 1. The van der Waals surface area contributed by atoms with E-state index < -0.39 is 0 Å². The quantitative estimate of drug-likeness (QED) is 0.333. The van der Waals surface area contributed by atoms with Gasteiger partial charge in [-0.3, -0.25) is 4.79 Å². The van der Waals surface area contributed by atoms with Gasteiger partial charge in [0.05, 0.1) is 5.57 Å². The maximum absolute atomic E-state index is 13.5. The van der Waals surface area contributed by atoms with Crippen LogP contribution in [0.4, 0.5) is 5.69 Å². The molecule has 2 N–H and O–H groups in total. The number of amides is 1. The van der Waals surface area contributed by atoms with Crippen LogP contribution in [0.5, 0.6) is 11.5 Å². The van der Waals surface area contributed by atoms with Crippen LogP contribution < -0.4 is 10.1 Å². The van der Waals surface area contributed by atoms with Crippen LogP contribution in [0.1, 0.15) is 30.0 Å². The maximum Gasteiger partial charge on any atom is 0.256 e. The van der Waals surface area contributed by atoms with Gasteiger partial charge >= 0.3 is 0 Å². The van der Waals surface area contributed by atoms with E-state index in [1.54, 1.807) is 24.3 Å². The highest BCUT2D eigenvalue weighted by atomic mass is 16.5. The average Bonchev–Trinajstić information content (AvgIpc) is 2.79. The second kappa shape index (κ2) is 11.3. The second-order valence-electron chi connectivity index (χ2n) is 8.25. The molecule has 5 nitrogen and oxygen atoms in total. The molecule has 5 heteroatoms. The van der Waals surface area contributed by atoms with Crippen molar-refractivity contribution >= 4 is 22.7 Å². The van der Waals surface area contributed by atoms with Gasteiger partial charge in [-0.25, -0.2) is 0 Å². The number of phenols is 1. The first-order valence-electron chi connectivity index (χ1n) is 11.2. The Morgan fingerprint density at radius 2 is 1.67 bits per heavy atom. The SMILES string of the molecule is CC/C(=C(\C(=O)Nc1ccc(OCCN(C)C)cc1)c1ccc(O)cc1)c1cccc(C)c1. The van der Waals surface area contributed by atoms with E-state index in [9.17, 15) is 9.90 Å². The molecule has 0 unspecified atom stereocenters. The van der Waals surface area contributed by atoms with E-state index in [0.29, 0.717) is 24.3 Å². The highest BCUT2D eigenvalue weighted by Gasteiger charge is 2.19. The molecule has 0 saturated heterocycles. The zero-order valence-electron chi connectivity index (χ0n) is 19.8. The molecule has 0 heterocycles. The molecule has 0 aliphatic heterocycles. The summed E-state index contributed by atoms with van der Waals surface area (Å²) < 4.78 is 5.74. The van der Waals surface area contributed by atoms with Crippen LogP contribution in [0, 0.1) is 6.92 Å². The van der Waals surface area contributed by atoms with Gasteiger partial charge in [-0.15, -0.1) is 0 Å². The first kappa shape index (κ1) is 24.1. The van der Waals surface area contributed by atoms with Crippen molar-refractivity contribution in [2.45, 2.75) is 20.3 Å². The predicted molar refractivity (Wildman–Crippen MR) is 136 cm³/mol. The van der Waals surface area contributed by atoms with Crippen LogP contribution in [-0.4, -0.2) is 43.2 Å². The lowest BCUT2D eigenvalue weighted by Crippen LogP contribution is -2.19. The van der Waals surface area contributed by atoms with E-state index in [1.165, 1.54) is 0 Å². The molecular formula is C28H32N2O3. The fourth-order valence-corrected chi connectivity index (χ4v) is 3.60. The summed E-state index contributed by atoms with van der Waals surface area (Å²) in [5.74, 6) is 0.732. The molecule has 0 spiro atoms. The van der Waals surface area contributed by atoms with Crippen molar-refractivity contribution in [2.75, 3.05) is 32.6 Å². The van der Waals surface area contributed by atoms with Crippen molar-refractivity contribution in [3.8, 4) is 11.5 Å². The van der Waals surface area contributed by atoms with Crippen molar-refractivity contribution in [2.24, 2.45) is 0 Å². The molecule has 0 fully saturated rings. The molecule has 0 aliphatic carbocycles. The molecule has 3 aromatic rings. The molecule has 0 radical (unpaired) electrons. The van der Waals surface area contributed by atoms with Crippen LogP contribution >= 0.6 is 0 Å². The lowest BCUT2D eigenvalue weighted by molar-refractivity contribution is -0.111. The molecular weight excluding hydrogens is 412 g/mol. The van der Waals surface area contributed by atoms with E-state index in [1.807, 2.05) is 70.4 Å². The Labute approximate surface area is 196 Å². The molecule has 172 valence electrons. The van der Waals surface area contributed by atoms with Gasteiger partial charge in [-0.1, -0.05) is 48.9 Å². The van der Waals surface area contributed by atoms with Gasteiger partial charge in [0, 0.05) is 12.2 Å². The summed E-state index contributed by atoms with van der Waals surface area (Å²) in [6.07, 6.45) is 0.686. The third kappa shape index (κ3) is 6.70. The number of phenolic OH excluding ortho intramolecular Hbond substituents is 1. The Morgan fingerprint density at radius 3 is 2.27 bits per heavy atom. The first-order chi connectivity index (χ1) is 15.9. The lowest BCUT2D eigenvalue weighted by atomic mass is 9.91. The fourth-order valence-electron chi connectivity index (χ4n) is 3.60. The van der Waals surface area contributed by atoms with Gasteiger partial charge in [-0.05, 0) is 80.5 Å². The first-order valence-corrected chi connectivity index (χ1v) is 11.2. The Kier molecular flexibility index (Phi) is 8.28. The Balaban J connectivity index is 1.91. The van der Waals surface area contributed by atoms with Crippen LogP contribution in [0.25, 0.3) is 11.1 Å². The van der Waals surface area contributed by atoms with Crippen molar-refractivity contribution in [3.63, 3.8) is 0 Å². The van der Waals surface area contributed by atoms with Crippen LogP contribution in [0.15, 0.2) is 72.8 Å². The summed E-state index contributed by atoms with van der Waals surface area (Å²) in [5.41, 5.74) is 5.14. The minimum atomic E-state index is -0.194. The number of anilines is 1. The molecule has 0 aromatic heterocycles. The Bertz CT molecular complexity index is 1100. The van der Waals surface area contributed by atoms with Gasteiger partial charge in [0.25, 0.3) is 5.91 Å². The number of aryl methyl sites for hydroxylation is 1. The van der Waals surface area contributed by atoms with Gasteiger partial charge in [0.1, 0.15) is 18.1 Å². The average molecular weight is 445 g/mol. The van der Waals surface area contributed by atoms with Crippen molar-refractivity contribution in [1.82, 2.24) is 4.90 Å². The number of allylic oxidation sites excluding steroid dienone is 1. The summed E-state index contributed by atoms with van der Waals surface area (Å²) in [6, 6.07) is 22.3. The summed E-state index contributed by atoms with van der Waals surface area (Å²) in [6.45, 7) is 5.52. The monoisotopic (exact) mass is 444 g/mol. The summed E-state index contributed by atoms with van der Waals surface area (Å²) >= 11 is 0. The number of nitrogens with zero attached hydrogens (tertiary/aromatic N) is 1. The summed E-state index contributed by atoms with van der Waals surface area (Å²) in [4.78, 5) is 15.6. The second-order valence-corrected chi connectivity index (χ2v) is 8.25. The summed E-state index contributed by atoms with van der Waals surface area (Å²) in [7, 11) is 4.00. The minimum Gasteiger partial charge on any atom is -0.508 e. The van der Waals surface area contributed by atoms with Crippen LogP contribution in [0.2, 0.25) is 0 Å². The lowest BCUT2D eigenvalue weighted by Gasteiger charge is -2.16. The van der Waals surface area contributed by atoms with E-state index in [4.69, 9.17) is 4.74 Å². The van der Waals surface area contributed by atoms with E-state index in [-0.39, 0.29) is 11.7 Å². The zero-order chi connectivity index (χ0) is 23.8. The normalized spacial score (nSPS) is 11.8.